The highest BCUT2D eigenvalue weighted by Crippen LogP contribution is 2.60. The van der Waals surface area contributed by atoms with E-state index >= 15 is 0 Å². The predicted molar refractivity (Wildman–Crippen MR) is 128 cm³/mol. The summed E-state index contributed by atoms with van der Waals surface area (Å²) in [5.41, 5.74) is 6.16. The van der Waals surface area contributed by atoms with Gasteiger partial charge in [-0.25, -0.2) is 0 Å². The van der Waals surface area contributed by atoms with E-state index in [-0.39, 0.29) is 0 Å². The van der Waals surface area contributed by atoms with Crippen LogP contribution in [0.1, 0.15) is 47.4 Å². The molecular weight excluding hydrogens is 430 g/mol. The lowest BCUT2D eigenvalue weighted by Gasteiger charge is -2.51. The zero-order chi connectivity index (χ0) is 19.8. The number of halogens is 1. The normalized spacial score (nSPS) is 30.4. The summed E-state index contributed by atoms with van der Waals surface area (Å²) in [7, 11) is 0. The second-order valence-electron chi connectivity index (χ2n) is 9.40. The molecule has 1 nitrogen and oxygen atoms in total. The first-order valence-corrected chi connectivity index (χ1v) is 12.0. The van der Waals surface area contributed by atoms with Gasteiger partial charge in [0.1, 0.15) is 0 Å². The van der Waals surface area contributed by atoms with E-state index in [4.69, 9.17) is 0 Å². The first-order valence-electron chi connectivity index (χ1n) is 11.2. The van der Waals surface area contributed by atoms with Gasteiger partial charge in [0.15, 0.2) is 0 Å². The molecule has 0 amide bonds. The third-order valence-electron chi connectivity index (χ3n) is 7.96. The summed E-state index contributed by atoms with van der Waals surface area (Å²) in [6, 6.07) is 21.1. The van der Waals surface area contributed by atoms with Crippen molar-refractivity contribution in [1.29, 1.82) is 0 Å². The van der Waals surface area contributed by atoms with E-state index in [2.05, 4.69) is 99.7 Å². The molecule has 0 unspecified atom stereocenters. The molecule has 3 aromatic rings. The van der Waals surface area contributed by atoms with Crippen LogP contribution in [0, 0.1) is 11.8 Å². The zero-order valence-electron chi connectivity index (χ0n) is 16.8. The highest BCUT2D eigenvalue weighted by atomic mass is 79.9. The van der Waals surface area contributed by atoms with Gasteiger partial charge in [0.2, 0.25) is 0 Å². The second kappa shape index (κ2) is 6.34. The Morgan fingerprint density at radius 2 is 1.67 bits per heavy atom. The monoisotopic (exact) mass is 453 g/mol. The van der Waals surface area contributed by atoms with Crippen LogP contribution in [0.25, 0.3) is 10.8 Å². The molecule has 7 rings (SSSR count). The van der Waals surface area contributed by atoms with Crippen molar-refractivity contribution in [2.45, 2.75) is 30.7 Å². The van der Waals surface area contributed by atoms with Crippen molar-refractivity contribution in [3.8, 4) is 0 Å². The topological polar surface area (TPSA) is 3.24 Å². The summed E-state index contributed by atoms with van der Waals surface area (Å²) in [5, 5.41) is 2.87. The molecule has 148 valence electrons. The van der Waals surface area contributed by atoms with Gasteiger partial charge in [-0.15, -0.1) is 0 Å². The van der Waals surface area contributed by atoms with Crippen LogP contribution < -0.4 is 4.90 Å². The lowest BCUT2D eigenvalue weighted by molar-refractivity contribution is 0.336. The Hall–Kier alpha value is -2.32. The number of allylic oxidation sites excluding steroid dienone is 4. The second-order valence-corrected chi connectivity index (χ2v) is 10.3. The van der Waals surface area contributed by atoms with Crippen LogP contribution in [0.2, 0.25) is 0 Å². The number of hydrogen-bond acceptors (Lipinski definition) is 1. The Labute approximate surface area is 186 Å². The van der Waals surface area contributed by atoms with Gasteiger partial charge in [0.25, 0.3) is 0 Å². The zero-order valence-corrected chi connectivity index (χ0v) is 18.4. The quantitative estimate of drug-likeness (QED) is 0.344. The summed E-state index contributed by atoms with van der Waals surface area (Å²) in [6.45, 7) is 1.17. The van der Waals surface area contributed by atoms with Gasteiger partial charge in [-0.05, 0) is 70.3 Å². The minimum atomic E-state index is 0.451. The summed E-state index contributed by atoms with van der Waals surface area (Å²) < 4.78 is 1.16. The summed E-state index contributed by atoms with van der Waals surface area (Å²) in [4.78, 5) is 2.81. The van der Waals surface area contributed by atoms with Crippen molar-refractivity contribution in [2.75, 3.05) is 11.4 Å². The standard InChI is InChI=1S/C28H24BrN/c29-20-13-11-17(12-14-20)27-24-10-4-9-23(24)26-22-7-2-1-5-18(22)15-25-21-8-3-6-19(21)16-30(27)28(25)26/h1-5,7-9,11-15,19,21,23-24,27H,6,10,16H2/t19-,21-,23+,24-,27-/m1/s1. The average Bonchev–Trinajstić information content (AvgIpc) is 3.44. The van der Waals surface area contributed by atoms with Gasteiger partial charge in [-0.3, -0.25) is 0 Å². The number of nitrogens with zero attached hydrogens (tertiary/aromatic N) is 1. The van der Waals surface area contributed by atoms with Crippen molar-refractivity contribution in [3.05, 3.63) is 100 Å². The van der Waals surface area contributed by atoms with Gasteiger partial charge in [-0.2, -0.15) is 0 Å². The van der Waals surface area contributed by atoms with Gasteiger partial charge >= 0.3 is 0 Å². The maximum absolute atomic E-state index is 3.64. The molecule has 0 saturated heterocycles. The summed E-state index contributed by atoms with van der Waals surface area (Å²) in [6.07, 6.45) is 12.2. The number of hydrogen-bond donors (Lipinski definition) is 0. The number of fused-ring (bicyclic) bond motifs is 6. The maximum atomic E-state index is 3.64. The van der Waals surface area contributed by atoms with Crippen molar-refractivity contribution in [2.24, 2.45) is 11.8 Å². The van der Waals surface area contributed by atoms with Crippen molar-refractivity contribution in [3.63, 3.8) is 0 Å². The Balaban J connectivity index is 1.54. The van der Waals surface area contributed by atoms with E-state index in [1.54, 1.807) is 16.8 Å². The van der Waals surface area contributed by atoms with Crippen LogP contribution in [-0.4, -0.2) is 6.54 Å². The molecule has 0 saturated carbocycles. The molecule has 0 aromatic heterocycles. The van der Waals surface area contributed by atoms with Crippen molar-refractivity contribution < 1.29 is 0 Å². The minimum Gasteiger partial charge on any atom is -0.363 e. The van der Waals surface area contributed by atoms with E-state index in [1.165, 1.54) is 35.7 Å². The van der Waals surface area contributed by atoms with E-state index < -0.39 is 0 Å². The predicted octanol–water partition coefficient (Wildman–Crippen LogP) is 7.50. The lowest BCUT2D eigenvalue weighted by Crippen LogP contribution is -2.46. The number of benzene rings is 3. The third-order valence-corrected chi connectivity index (χ3v) is 8.49. The molecule has 0 bridgehead atoms. The molecular formula is C28H24BrN. The van der Waals surface area contributed by atoms with Crippen LogP contribution in [0.15, 0.2) is 83.4 Å². The molecule has 0 spiro atoms. The fourth-order valence-corrected chi connectivity index (χ4v) is 7.03. The van der Waals surface area contributed by atoms with E-state index in [1.807, 2.05) is 0 Å². The van der Waals surface area contributed by atoms with E-state index in [0.29, 0.717) is 29.7 Å². The number of rotatable bonds is 1. The van der Waals surface area contributed by atoms with Crippen LogP contribution in [0.4, 0.5) is 5.69 Å². The largest absolute Gasteiger partial charge is 0.363 e. The minimum absolute atomic E-state index is 0.451. The highest BCUT2D eigenvalue weighted by molar-refractivity contribution is 9.10. The van der Waals surface area contributed by atoms with Crippen LogP contribution in [-0.2, 0) is 0 Å². The Bertz CT molecular complexity index is 1220. The first-order chi connectivity index (χ1) is 14.8. The number of anilines is 1. The van der Waals surface area contributed by atoms with Crippen molar-refractivity contribution >= 4 is 32.4 Å². The molecule has 0 N–H and O–H groups in total. The molecule has 4 aliphatic rings. The summed E-state index contributed by atoms with van der Waals surface area (Å²) in [5.74, 6) is 2.41. The Morgan fingerprint density at radius 3 is 2.57 bits per heavy atom. The average molecular weight is 454 g/mol. The first kappa shape index (κ1) is 17.4. The lowest BCUT2D eigenvalue weighted by atomic mass is 9.69. The summed E-state index contributed by atoms with van der Waals surface area (Å²) >= 11 is 3.64. The SMILES string of the molecule is Brc1ccc([C@@H]2[C@@H]3CC=C[C@@H]3c3c4c(cc5ccccc35)[C@@H]3C=CC[C@@H]3CN42)cc1. The highest BCUT2D eigenvalue weighted by Gasteiger charge is 2.48. The molecule has 30 heavy (non-hydrogen) atoms. The van der Waals surface area contributed by atoms with Crippen LogP contribution in [0.5, 0.6) is 0 Å². The maximum Gasteiger partial charge on any atom is 0.0582 e. The van der Waals surface area contributed by atoms with Crippen LogP contribution in [0.3, 0.4) is 0 Å². The third kappa shape index (κ3) is 2.29. The van der Waals surface area contributed by atoms with Crippen molar-refractivity contribution in [1.82, 2.24) is 0 Å². The van der Waals surface area contributed by atoms with E-state index in [0.717, 1.165) is 4.47 Å². The van der Waals surface area contributed by atoms with E-state index in [9.17, 15) is 0 Å². The molecule has 5 atom stereocenters. The molecule has 2 heterocycles. The Morgan fingerprint density at radius 1 is 0.867 bits per heavy atom. The molecule has 2 aliphatic carbocycles. The molecule has 0 radical (unpaired) electrons. The Kier molecular flexibility index (Phi) is 3.67. The molecule has 2 heteroatoms. The smallest absolute Gasteiger partial charge is 0.0582 e. The fourth-order valence-electron chi connectivity index (χ4n) is 6.77. The molecule has 2 aliphatic heterocycles. The molecule has 0 fully saturated rings. The van der Waals surface area contributed by atoms with Gasteiger partial charge in [-0.1, -0.05) is 76.6 Å². The van der Waals surface area contributed by atoms with Gasteiger partial charge in [0.05, 0.1) is 6.04 Å². The van der Waals surface area contributed by atoms with Crippen LogP contribution >= 0.6 is 15.9 Å². The molecule has 3 aromatic carbocycles. The van der Waals surface area contributed by atoms with Gasteiger partial charge in [0, 0.05) is 28.5 Å². The fraction of sp³-hybridized carbons (Fsp3) is 0.286. The van der Waals surface area contributed by atoms with Gasteiger partial charge < -0.3 is 4.90 Å².